The van der Waals surface area contributed by atoms with Crippen LogP contribution in [0.15, 0.2) is 71.5 Å². The van der Waals surface area contributed by atoms with Crippen LogP contribution in [0.2, 0.25) is 5.02 Å². The normalized spacial score (nSPS) is 10.2. The Kier molecular flexibility index (Phi) is 5.09. The summed E-state index contributed by atoms with van der Waals surface area (Å²) in [6.45, 7) is 0. The Morgan fingerprint density at radius 1 is 0.846 bits per heavy atom. The Bertz CT molecular complexity index is 1020. The van der Waals surface area contributed by atoms with E-state index in [2.05, 4.69) is 16.0 Å². The first kappa shape index (κ1) is 17.4. The van der Waals surface area contributed by atoms with Crippen LogP contribution in [0, 0.1) is 0 Å². The Morgan fingerprint density at radius 2 is 1.50 bits per heavy atom. The van der Waals surface area contributed by atoms with Crippen LogP contribution in [0.5, 0.6) is 0 Å². The number of amides is 2. The molecule has 0 aliphatic carbocycles. The zero-order valence-corrected chi connectivity index (χ0v) is 14.1. The van der Waals surface area contributed by atoms with Gasteiger partial charge in [0.2, 0.25) is 0 Å². The third-order valence-electron chi connectivity index (χ3n) is 3.44. The van der Waals surface area contributed by atoms with Gasteiger partial charge in [0.1, 0.15) is 0 Å². The molecule has 3 aromatic rings. The number of carbonyl (C=O) groups is 2. The molecule has 0 aliphatic rings. The number of hydrogen-bond acceptors (Lipinski definition) is 4. The molecule has 3 rings (SSSR count). The largest absolute Gasteiger partial charge is 0.290 e. The molecule has 0 fully saturated rings. The first-order valence-electron chi connectivity index (χ1n) is 7.57. The number of nitrogens with zero attached hydrogens (tertiary/aromatic N) is 2. The molecule has 0 spiro atoms. The van der Waals surface area contributed by atoms with E-state index in [0.717, 1.165) is 4.68 Å². The summed E-state index contributed by atoms with van der Waals surface area (Å²) in [4.78, 5) is 36.2. The molecule has 0 radical (unpaired) electrons. The van der Waals surface area contributed by atoms with Crippen molar-refractivity contribution in [2.75, 3.05) is 0 Å². The van der Waals surface area contributed by atoms with Gasteiger partial charge < -0.3 is 0 Å². The number of benzene rings is 2. The van der Waals surface area contributed by atoms with Crippen molar-refractivity contribution in [3.63, 3.8) is 0 Å². The van der Waals surface area contributed by atoms with E-state index in [1.807, 2.05) is 0 Å². The van der Waals surface area contributed by atoms with E-state index in [0.29, 0.717) is 5.69 Å². The Morgan fingerprint density at radius 3 is 2.23 bits per heavy atom. The van der Waals surface area contributed by atoms with Crippen molar-refractivity contribution in [2.24, 2.45) is 0 Å². The predicted octanol–water partition coefficient (Wildman–Crippen LogP) is 1.96. The van der Waals surface area contributed by atoms with Crippen molar-refractivity contribution in [3.8, 4) is 5.69 Å². The monoisotopic (exact) mass is 368 g/mol. The van der Waals surface area contributed by atoms with Crippen molar-refractivity contribution < 1.29 is 9.59 Å². The van der Waals surface area contributed by atoms with Crippen LogP contribution in [0.4, 0.5) is 0 Å². The van der Waals surface area contributed by atoms with Crippen molar-refractivity contribution in [1.82, 2.24) is 20.6 Å². The summed E-state index contributed by atoms with van der Waals surface area (Å²) in [7, 11) is 0. The van der Waals surface area contributed by atoms with Crippen molar-refractivity contribution in [2.45, 2.75) is 0 Å². The molecule has 1 heterocycles. The van der Waals surface area contributed by atoms with Gasteiger partial charge in [0.05, 0.1) is 16.3 Å². The molecule has 2 N–H and O–H groups in total. The lowest BCUT2D eigenvalue weighted by Crippen LogP contribution is -2.42. The summed E-state index contributed by atoms with van der Waals surface area (Å²) < 4.78 is 1.10. The number of carbonyl (C=O) groups excluding carboxylic acids is 2. The number of hydrazine groups is 1. The number of aromatic nitrogens is 2. The molecular formula is C18H13ClN4O3. The zero-order valence-electron chi connectivity index (χ0n) is 13.3. The first-order chi connectivity index (χ1) is 12.6. The van der Waals surface area contributed by atoms with E-state index in [-0.39, 0.29) is 21.8 Å². The Labute approximate surface area is 153 Å². The minimum Gasteiger partial charge on any atom is -0.267 e. The molecular weight excluding hydrogens is 356 g/mol. The SMILES string of the molecule is O=C(NNC(=O)c1ccccc1Cl)c1ccc(=O)n(-c2ccccc2)n1. The standard InChI is InChI=1S/C18H13ClN4O3/c19-14-9-5-4-8-13(14)17(25)20-21-18(26)15-10-11-16(24)23(22-15)12-6-2-1-3-7-12/h1-11H,(H,20,25)(H,21,26). The van der Waals surface area contributed by atoms with Crippen molar-refractivity contribution >= 4 is 23.4 Å². The number of para-hydroxylation sites is 1. The van der Waals surface area contributed by atoms with Crippen LogP contribution in [0.3, 0.4) is 0 Å². The smallest absolute Gasteiger partial charge is 0.267 e. The van der Waals surface area contributed by atoms with Gasteiger partial charge in [0, 0.05) is 6.07 Å². The Hall–Kier alpha value is -3.45. The predicted molar refractivity (Wildman–Crippen MR) is 96.2 cm³/mol. The molecule has 0 atom stereocenters. The number of rotatable bonds is 3. The molecule has 2 amide bonds. The molecule has 130 valence electrons. The van der Waals surface area contributed by atoms with Gasteiger partial charge in [-0.1, -0.05) is 41.9 Å². The van der Waals surface area contributed by atoms with Gasteiger partial charge in [-0.2, -0.15) is 9.78 Å². The topological polar surface area (TPSA) is 93.1 Å². The van der Waals surface area contributed by atoms with Crippen molar-refractivity contribution in [3.05, 3.63) is 93.4 Å². The van der Waals surface area contributed by atoms with E-state index in [4.69, 9.17) is 11.6 Å². The van der Waals surface area contributed by atoms with Crippen LogP contribution in [0.1, 0.15) is 20.8 Å². The fourth-order valence-corrected chi connectivity index (χ4v) is 2.40. The summed E-state index contributed by atoms with van der Waals surface area (Å²) in [6.07, 6.45) is 0. The molecule has 0 unspecified atom stereocenters. The highest BCUT2D eigenvalue weighted by atomic mass is 35.5. The van der Waals surface area contributed by atoms with E-state index in [1.54, 1.807) is 48.5 Å². The van der Waals surface area contributed by atoms with Crippen LogP contribution < -0.4 is 16.4 Å². The third kappa shape index (κ3) is 3.79. The fraction of sp³-hybridized carbons (Fsp3) is 0. The van der Waals surface area contributed by atoms with Crippen LogP contribution in [-0.4, -0.2) is 21.6 Å². The van der Waals surface area contributed by atoms with Gasteiger partial charge in [-0.15, -0.1) is 0 Å². The van der Waals surface area contributed by atoms with Crippen LogP contribution >= 0.6 is 11.6 Å². The van der Waals surface area contributed by atoms with Gasteiger partial charge in [-0.05, 0) is 30.3 Å². The number of hydrogen-bond donors (Lipinski definition) is 2. The summed E-state index contributed by atoms with van der Waals surface area (Å²) in [5.41, 5.74) is 4.83. The quantitative estimate of drug-likeness (QED) is 0.691. The second-order valence-electron chi connectivity index (χ2n) is 5.19. The molecule has 26 heavy (non-hydrogen) atoms. The lowest BCUT2D eigenvalue weighted by Gasteiger charge is -2.09. The molecule has 0 bridgehead atoms. The average molecular weight is 369 g/mol. The fourth-order valence-electron chi connectivity index (χ4n) is 2.18. The maximum atomic E-state index is 12.2. The maximum absolute atomic E-state index is 12.2. The average Bonchev–Trinajstić information content (AvgIpc) is 2.67. The summed E-state index contributed by atoms with van der Waals surface area (Å²) in [5.74, 6) is -1.24. The summed E-state index contributed by atoms with van der Waals surface area (Å²) in [5, 5.41) is 4.28. The second-order valence-corrected chi connectivity index (χ2v) is 5.60. The highest BCUT2D eigenvalue weighted by Crippen LogP contribution is 2.14. The molecule has 0 saturated heterocycles. The van der Waals surface area contributed by atoms with Gasteiger partial charge >= 0.3 is 0 Å². The number of nitrogens with one attached hydrogen (secondary N) is 2. The summed E-state index contributed by atoms with van der Waals surface area (Å²) in [6, 6.07) is 17.6. The van der Waals surface area contributed by atoms with Gasteiger partial charge in [0.25, 0.3) is 17.4 Å². The van der Waals surface area contributed by atoms with E-state index >= 15 is 0 Å². The van der Waals surface area contributed by atoms with Crippen LogP contribution in [0.25, 0.3) is 5.69 Å². The van der Waals surface area contributed by atoms with E-state index in [1.165, 1.54) is 18.2 Å². The van der Waals surface area contributed by atoms with E-state index in [9.17, 15) is 14.4 Å². The maximum Gasteiger partial charge on any atom is 0.290 e. The third-order valence-corrected chi connectivity index (χ3v) is 3.77. The summed E-state index contributed by atoms with van der Waals surface area (Å²) >= 11 is 5.93. The van der Waals surface area contributed by atoms with Crippen LogP contribution in [-0.2, 0) is 0 Å². The van der Waals surface area contributed by atoms with E-state index < -0.39 is 11.8 Å². The highest BCUT2D eigenvalue weighted by molar-refractivity contribution is 6.33. The second kappa shape index (κ2) is 7.62. The Balaban J connectivity index is 1.76. The highest BCUT2D eigenvalue weighted by Gasteiger charge is 2.14. The lowest BCUT2D eigenvalue weighted by molar-refractivity contribution is 0.0843. The zero-order chi connectivity index (χ0) is 18.5. The molecule has 8 heteroatoms. The molecule has 7 nitrogen and oxygen atoms in total. The van der Waals surface area contributed by atoms with Gasteiger partial charge in [0.15, 0.2) is 5.69 Å². The lowest BCUT2D eigenvalue weighted by atomic mass is 10.2. The molecule has 0 saturated carbocycles. The number of halogens is 1. The van der Waals surface area contributed by atoms with Gasteiger partial charge in [-0.3, -0.25) is 25.2 Å². The molecule has 2 aromatic carbocycles. The first-order valence-corrected chi connectivity index (χ1v) is 7.95. The molecule has 0 aliphatic heterocycles. The van der Waals surface area contributed by atoms with Crippen molar-refractivity contribution in [1.29, 1.82) is 0 Å². The molecule has 1 aromatic heterocycles. The van der Waals surface area contributed by atoms with Gasteiger partial charge in [-0.25, -0.2) is 0 Å². The minimum atomic E-state index is -0.671. The minimum absolute atomic E-state index is 0.0343.